The van der Waals surface area contributed by atoms with Crippen LogP contribution < -0.4 is 5.32 Å². The third-order valence-corrected chi connectivity index (χ3v) is 4.50. The average molecular weight is 322 g/mol. The van der Waals surface area contributed by atoms with Gasteiger partial charge in [0.1, 0.15) is 5.69 Å². The quantitative estimate of drug-likeness (QED) is 0.797. The second kappa shape index (κ2) is 8.45. The number of hydrogen-bond acceptors (Lipinski definition) is 4. The van der Waals surface area contributed by atoms with E-state index in [2.05, 4.69) is 29.2 Å². The van der Waals surface area contributed by atoms with E-state index in [0.717, 1.165) is 38.2 Å². The van der Waals surface area contributed by atoms with Crippen molar-refractivity contribution in [2.75, 3.05) is 32.8 Å². The normalized spacial score (nSPS) is 19.3. The van der Waals surface area contributed by atoms with E-state index >= 15 is 0 Å². The summed E-state index contributed by atoms with van der Waals surface area (Å²) in [4.78, 5) is 14.7. The van der Waals surface area contributed by atoms with Crippen molar-refractivity contribution in [3.05, 3.63) is 17.5 Å². The summed E-state index contributed by atoms with van der Waals surface area (Å²) in [5.41, 5.74) is 1.60. The maximum atomic E-state index is 12.4. The number of amides is 1. The van der Waals surface area contributed by atoms with E-state index in [1.54, 1.807) is 4.68 Å². The molecule has 0 bridgehead atoms. The first-order valence-electron chi connectivity index (χ1n) is 8.74. The first-order chi connectivity index (χ1) is 11.0. The molecule has 2 rings (SSSR count). The Bertz CT molecular complexity index is 513. The van der Waals surface area contributed by atoms with Crippen LogP contribution in [-0.2, 0) is 6.54 Å². The number of hydrogen-bond donors (Lipinski definition) is 2. The molecule has 2 heterocycles. The van der Waals surface area contributed by atoms with E-state index in [4.69, 9.17) is 0 Å². The van der Waals surface area contributed by atoms with Crippen molar-refractivity contribution < 1.29 is 9.90 Å². The Morgan fingerprint density at radius 3 is 2.96 bits per heavy atom. The van der Waals surface area contributed by atoms with Crippen LogP contribution in [-0.4, -0.2) is 58.5 Å². The smallest absolute Gasteiger partial charge is 0.269 e. The van der Waals surface area contributed by atoms with Crippen molar-refractivity contribution in [1.29, 1.82) is 0 Å². The molecule has 0 spiro atoms. The number of aromatic nitrogens is 2. The van der Waals surface area contributed by atoms with Gasteiger partial charge in [0, 0.05) is 32.8 Å². The van der Waals surface area contributed by atoms with Crippen LogP contribution in [0.25, 0.3) is 0 Å². The first-order valence-corrected chi connectivity index (χ1v) is 8.74. The van der Waals surface area contributed by atoms with Gasteiger partial charge in [-0.3, -0.25) is 9.48 Å². The molecule has 1 aromatic rings. The number of carbonyl (C=O) groups is 1. The molecule has 1 atom stereocenters. The van der Waals surface area contributed by atoms with E-state index in [1.807, 2.05) is 13.0 Å². The van der Waals surface area contributed by atoms with E-state index in [-0.39, 0.29) is 12.5 Å². The lowest BCUT2D eigenvalue weighted by atomic mass is 9.99. The van der Waals surface area contributed by atoms with Crippen molar-refractivity contribution in [2.24, 2.45) is 5.92 Å². The zero-order valence-corrected chi connectivity index (χ0v) is 14.6. The van der Waals surface area contributed by atoms with Gasteiger partial charge in [-0.25, -0.2) is 0 Å². The molecule has 1 aliphatic rings. The molecule has 130 valence electrons. The molecule has 1 saturated heterocycles. The van der Waals surface area contributed by atoms with Crippen molar-refractivity contribution in [2.45, 2.75) is 46.1 Å². The van der Waals surface area contributed by atoms with E-state index < -0.39 is 0 Å². The minimum absolute atomic E-state index is 0.0537. The summed E-state index contributed by atoms with van der Waals surface area (Å²) >= 11 is 0. The summed E-state index contributed by atoms with van der Waals surface area (Å²) in [5.74, 6) is 0.648. The summed E-state index contributed by atoms with van der Waals surface area (Å²) < 4.78 is 1.77. The van der Waals surface area contributed by atoms with Gasteiger partial charge in [0.2, 0.25) is 0 Å². The van der Waals surface area contributed by atoms with Crippen LogP contribution in [0.3, 0.4) is 0 Å². The molecule has 2 N–H and O–H groups in total. The fourth-order valence-electron chi connectivity index (χ4n) is 3.06. The Hall–Kier alpha value is -1.40. The molecule has 0 saturated carbocycles. The van der Waals surface area contributed by atoms with Gasteiger partial charge in [-0.1, -0.05) is 13.8 Å². The Labute approximate surface area is 138 Å². The first kappa shape index (κ1) is 17.9. The maximum Gasteiger partial charge on any atom is 0.269 e. The topological polar surface area (TPSA) is 70.4 Å². The molecule has 1 aromatic heterocycles. The van der Waals surface area contributed by atoms with Crippen LogP contribution in [0.5, 0.6) is 0 Å². The van der Waals surface area contributed by atoms with Crippen LogP contribution in [0, 0.1) is 5.92 Å². The molecule has 0 radical (unpaired) electrons. The standard InChI is InChI=1S/C17H30N4O2/c1-4-21-16(10-15(19-21)13(2)3)17(23)18-7-9-20-8-5-6-14(11-20)12-22/h10,13-14,22H,4-9,11-12H2,1-3H3,(H,18,23)/t14-/m1/s1. The highest BCUT2D eigenvalue weighted by molar-refractivity contribution is 5.92. The van der Waals surface area contributed by atoms with Gasteiger partial charge >= 0.3 is 0 Å². The van der Waals surface area contributed by atoms with Gasteiger partial charge in [-0.2, -0.15) is 5.10 Å². The lowest BCUT2D eigenvalue weighted by Gasteiger charge is -2.31. The molecule has 6 heteroatoms. The van der Waals surface area contributed by atoms with Gasteiger partial charge in [0.25, 0.3) is 5.91 Å². The van der Waals surface area contributed by atoms with Crippen LogP contribution in [0.1, 0.15) is 55.7 Å². The summed E-state index contributed by atoms with van der Waals surface area (Å²) in [7, 11) is 0. The van der Waals surface area contributed by atoms with Crippen LogP contribution in [0.15, 0.2) is 6.07 Å². The van der Waals surface area contributed by atoms with E-state index in [1.165, 1.54) is 0 Å². The van der Waals surface area contributed by atoms with Crippen molar-refractivity contribution >= 4 is 5.91 Å². The highest BCUT2D eigenvalue weighted by atomic mass is 16.3. The van der Waals surface area contributed by atoms with Crippen molar-refractivity contribution in [3.8, 4) is 0 Å². The van der Waals surface area contributed by atoms with Gasteiger partial charge in [0.05, 0.1) is 5.69 Å². The average Bonchev–Trinajstić information content (AvgIpc) is 2.99. The fourth-order valence-corrected chi connectivity index (χ4v) is 3.06. The van der Waals surface area contributed by atoms with Crippen LogP contribution >= 0.6 is 0 Å². The number of nitrogens with one attached hydrogen (secondary N) is 1. The molecular weight excluding hydrogens is 292 g/mol. The number of aryl methyl sites for hydroxylation is 1. The summed E-state index contributed by atoms with van der Waals surface area (Å²) in [6.45, 7) is 10.6. The molecule has 0 aromatic carbocycles. The van der Waals surface area contributed by atoms with Gasteiger partial charge in [0.15, 0.2) is 0 Å². The lowest BCUT2D eigenvalue weighted by molar-refractivity contribution is 0.0920. The number of piperidine rings is 1. The summed E-state index contributed by atoms with van der Waals surface area (Å²) in [5, 5.41) is 16.8. The number of rotatable bonds is 7. The van der Waals surface area contributed by atoms with Gasteiger partial charge < -0.3 is 15.3 Å². The summed E-state index contributed by atoms with van der Waals surface area (Å²) in [6.07, 6.45) is 2.23. The number of aliphatic hydroxyl groups is 1. The minimum Gasteiger partial charge on any atom is -0.396 e. The molecule has 6 nitrogen and oxygen atoms in total. The predicted molar refractivity (Wildman–Crippen MR) is 90.6 cm³/mol. The predicted octanol–water partition coefficient (Wildman–Crippen LogP) is 1.46. The molecular formula is C17H30N4O2. The second-order valence-electron chi connectivity index (χ2n) is 6.67. The Morgan fingerprint density at radius 1 is 1.52 bits per heavy atom. The van der Waals surface area contributed by atoms with E-state index in [9.17, 15) is 9.90 Å². The van der Waals surface area contributed by atoms with Crippen molar-refractivity contribution in [1.82, 2.24) is 20.0 Å². The number of carbonyl (C=O) groups excluding carboxylic acids is 1. The lowest BCUT2D eigenvalue weighted by Crippen LogP contribution is -2.41. The molecule has 1 amide bonds. The molecule has 1 aliphatic heterocycles. The SMILES string of the molecule is CCn1nc(C(C)C)cc1C(=O)NCCN1CCC[C@@H](CO)C1. The number of nitrogens with zero attached hydrogens (tertiary/aromatic N) is 3. The van der Waals surface area contributed by atoms with Crippen molar-refractivity contribution in [3.63, 3.8) is 0 Å². The molecule has 0 aliphatic carbocycles. The summed E-state index contributed by atoms with van der Waals surface area (Å²) in [6, 6.07) is 1.90. The van der Waals surface area contributed by atoms with E-state index in [0.29, 0.717) is 30.6 Å². The van der Waals surface area contributed by atoms with Crippen LogP contribution in [0.2, 0.25) is 0 Å². The highest BCUT2D eigenvalue weighted by Crippen LogP contribution is 2.16. The third kappa shape index (κ3) is 4.78. The zero-order chi connectivity index (χ0) is 16.8. The third-order valence-electron chi connectivity index (χ3n) is 4.50. The van der Waals surface area contributed by atoms with Gasteiger partial charge in [-0.15, -0.1) is 0 Å². The van der Waals surface area contributed by atoms with Crippen LogP contribution in [0.4, 0.5) is 0 Å². The Balaban J connectivity index is 1.85. The Morgan fingerprint density at radius 2 is 2.30 bits per heavy atom. The highest BCUT2D eigenvalue weighted by Gasteiger charge is 2.20. The largest absolute Gasteiger partial charge is 0.396 e. The zero-order valence-electron chi connectivity index (χ0n) is 14.6. The molecule has 0 unspecified atom stereocenters. The molecule has 23 heavy (non-hydrogen) atoms. The fraction of sp³-hybridized carbons (Fsp3) is 0.765. The van der Waals surface area contributed by atoms with Gasteiger partial charge in [-0.05, 0) is 44.2 Å². The second-order valence-corrected chi connectivity index (χ2v) is 6.67. The minimum atomic E-state index is -0.0537. The molecule has 1 fully saturated rings. The number of aliphatic hydroxyl groups excluding tert-OH is 1. The Kier molecular flexibility index (Phi) is 6.59. The monoisotopic (exact) mass is 322 g/mol. The number of likely N-dealkylation sites (tertiary alicyclic amines) is 1. The maximum absolute atomic E-state index is 12.4.